The van der Waals surface area contributed by atoms with E-state index in [1.54, 1.807) is 17.9 Å². The molecule has 0 bridgehead atoms. The molecule has 0 aromatic carbocycles. The molecule has 20 heavy (non-hydrogen) atoms. The van der Waals surface area contributed by atoms with Gasteiger partial charge in [0.2, 0.25) is 0 Å². The molecule has 0 saturated carbocycles. The van der Waals surface area contributed by atoms with E-state index in [1.165, 1.54) is 0 Å². The molecule has 0 atom stereocenters. The predicted molar refractivity (Wildman–Crippen MR) is 80.7 cm³/mol. The number of aromatic nitrogens is 2. The molecule has 0 saturated heterocycles. The first kappa shape index (κ1) is 15.7. The van der Waals surface area contributed by atoms with Gasteiger partial charge in [-0.25, -0.2) is 0 Å². The van der Waals surface area contributed by atoms with Crippen LogP contribution in [0.25, 0.3) is 24.3 Å². The lowest BCUT2D eigenvalue weighted by Crippen LogP contribution is -2.54. The second-order valence-electron chi connectivity index (χ2n) is 4.03. The third kappa shape index (κ3) is 2.79. The first-order chi connectivity index (χ1) is 9.65. The second kappa shape index (κ2) is 7.28. The minimum Gasteiger partial charge on any atom is -0.283 e. The summed E-state index contributed by atoms with van der Waals surface area (Å²) in [6.45, 7) is 9.48. The maximum atomic E-state index is 10.4. The SMILES string of the molecule is C=Cc1c(/C=C\C)[n+](OC)c(/C=C\C)c(/C=C\C)[n+]1O. The van der Waals surface area contributed by atoms with Crippen LogP contribution in [-0.2, 0) is 0 Å². The van der Waals surface area contributed by atoms with E-state index in [0.29, 0.717) is 17.1 Å². The molecule has 0 unspecified atom stereocenters. The van der Waals surface area contributed by atoms with Crippen molar-refractivity contribution in [2.75, 3.05) is 7.11 Å². The van der Waals surface area contributed by atoms with Crippen molar-refractivity contribution in [3.8, 4) is 0 Å². The topological polar surface area (TPSA) is 37.2 Å². The van der Waals surface area contributed by atoms with Crippen LogP contribution in [0.4, 0.5) is 0 Å². The highest BCUT2D eigenvalue weighted by atomic mass is 16.6. The van der Waals surface area contributed by atoms with E-state index < -0.39 is 0 Å². The van der Waals surface area contributed by atoms with E-state index >= 15 is 0 Å². The molecule has 0 amide bonds. The monoisotopic (exact) mass is 274 g/mol. The van der Waals surface area contributed by atoms with Crippen LogP contribution in [0, 0.1) is 0 Å². The van der Waals surface area contributed by atoms with Gasteiger partial charge in [-0.1, -0.05) is 24.8 Å². The molecule has 4 nitrogen and oxygen atoms in total. The van der Waals surface area contributed by atoms with E-state index in [9.17, 15) is 5.21 Å². The molecule has 0 aliphatic rings. The molecule has 106 valence electrons. The van der Waals surface area contributed by atoms with Crippen LogP contribution in [0.15, 0.2) is 24.8 Å². The van der Waals surface area contributed by atoms with Gasteiger partial charge in [-0.2, -0.15) is 0 Å². The lowest BCUT2D eigenvalue weighted by molar-refractivity contribution is -0.941. The normalized spacial score (nSPS) is 11.8. The molecular formula is C16H22N2O2+2. The summed E-state index contributed by atoms with van der Waals surface area (Å²) in [5.41, 5.74) is 2.64. The largest absolute Gasteiger partial charge is 0.333 e. The first-order valence-electron chi connectivity index (χ1n) is 6.48. The van der Waals surface area contributed by atoms with Crippen LogP contribution >= 0.6 is 0 Å². The lowest BCUT2D eigenvalue weighted by atomic mass is 10.2. The van der Waals surface area contributed by atoms with Gasteiger partial charge in [0.15, 0.2) is 0 Å². The molecule has 0 spiro atoms. The predicted octanol–water partition coefficient (Wildman–Crippen LogP) is 2.30. The minimum atomic E-state index is 0.561. The smallest absolute Gasteiger partial charge is 0.283 e. The van der Waals surface area contributed by atoms with E-state index in [-0.39, 0.29) is 0 Å². The summed E-state index contributed by atoms with van der Waals surface area (Å²) in [7, 11) is 1.59. The quantitative estimate of drug-likeness (QED) is 0.661. The van der Waals surface area contributed by atoms with E-state index in [0.717, 1.165) is 10.4 Å². The third-order valence-corrected chi connectivity index (χ3v) is 2.77. The van der Waals surface area contributed by atoms with E-state index in [2.05, 4.69) is 6.58 Å². The van der Waals surface area contributed by atoms with Gasteiger partial charge in [0.05, 0.1) is 0 Å². The molecule has 1 rings (SSSR count). The van der Waals surface area contributed by atoms with Crippen molar-refractivity contribution in [2.24, 2.45) is 0 Å². The van der Waals surface area contributed by atoms with Crippen molar-refractivity contribution >= 4 is 24.3 Å². The van der Waals surface area contributed by atoms with E-state index in [4.69, 9.17) is 4.84 Å². The molecule has 0 aliphatic carbocycles. The van der Waals surface area contributed by atoms with Gasteiger partial charge in [0.25, 0.3) is 0 Å². The van der Waals surface area contributed by atoms with Crippen LogP contribution < -0.4 is 14.3 Å². The van der Waals surface area contributed by atoms with Gasteiger partial charge in [0.1, 0.15) is 7.11 Å². The molecule has 1 heterocycles. The van der Waals surface area contributed by atoms with Crippen LogP contribution in [0.1, 0.15) is 43.5 Å². The summed E-state index contributed by atoms with van der Waals surface area (Å²) in [6.07, 6.45) is 12.8. The Morgan fingerprint density at radius 3 is 1.75 bits per heavy atom. The number of allylic oxidation sites excluding steroid dienone is 3. The van der Waals surface area contributed by atoms with Crippen LogP contribution in [0.3, 0.4) is 0 Å². The van der Waals surface area contributed by atoms with Crippen LogP contribution in [0.2, 0.25) is 0 Å². The fourth-order valence-electron chi connectivity index (χ4n) is 2.01. The van der Waals surface area contributed by atoms with Crippen molar-refractivity contribution in [3.05, 3.63) is 47.6 Å². The first-order valence-corrected chi connectivity index (χ1v) is 6.48. The number of hydrogen-bond donors (Lipinski definition) is 1. The fourth-order valence-corrected chi connectivity index (χ4v) is 2.01. The van der Waals surface area contributed by atoms with Crippen molar-refractivity contribution in [3.63, 3.8) is 0 Å². The van der Waals surface area contributed by atoms with Crippen molar-refractivity contribution in [1.82, 2.24) is 0 Å². The number of rotatable bonds is 5. The Kier molecular flexibility index (Phi) is 5.72. The molecule has 0 radical (unpaired) electrons. The van der Waals surface area contributed by atoms with Crippen molar-refractivity contribution < 1.29 is 19.5 Å². The maximum absolute atomic E-state index is 10.4. The van der Waals surface area contributed by atoms with Crippen LogP contribution in [-0.4, -0.2) is 12.3 Å². The molecule has 0 aliphatic heterocycles. The number of hydrogen-bond acceptors (Lipinski definition) is 2. The molecule has 1 aromatic heterocycles. The average Bonchev–Trinajstić information content (AvgIpc) is 2.44. The minimum absolute atomic E-state index is 0.561. The fraction of sp³-hybridized carbons (Fsp3) is 0.250. The third-order valence-electron chi connectivity index (χ3n) is 2.77. The maximum Gasteiger partial charge on any atom is 0.333 e. The molecule has 1 aromatic rings. The lowest BCUT2D eigenvalue weighted by Gasteiger charge is -2.03. The van der Waals surface area contributed by atoms with Gasteiger partial charge in [0, 0.05) is 33.8 Å². The van der Waals surface area contributed by atoms with Gasteiger partial charge >= 0.3 is 22.8 Å². The highest BCUT2D eigenvalue weighted by molar-refractivity contribution is 5.59. The summed E-state index contributed by atoms with van der Waals surface area (Å²) >= 11 is 0. The summed E-state index contributed by atoms with van der Waals surface area (Å²) in [5.74, 6) is 0. The Labute approximate surface area is 120 Å². The van der Waals surface area contributed by atoms with Gasteiger partial charge < -0.3 is 0 Å². The Morgan fingerprint density at radius 1 is 0.900 bits per heavy atom. The van der Waals surface area contributed by atoms with Crippen molar-refractivity contribution in [1.29, 1.82) is 0 Å². The summed E-state index contributed by atoms with van der Waals surface area (Å²) in [6, 6.07) is 0. The Hall–Kier alpha value is -2.36. The Bertz CT molecular complexity index is 585. The Balaban J connectivity index is 3.93. The highest BCUT2D eigenvalue weighted by Crippen LogP contribution is 2.11. The molecular weight excluding hydrogens is 252 g/mol. The number of nitrogens with zero attached hydrogens (tertiary/aromatic N) is 2. The van der Waals surface area contributed by atoms with Gasteiger partial charge in [-0.15, -0.1) is 0 Å². The van der Waals surface area contributed by atoms with E-state index in [1.807, 2.05) is 57.2 Å². The summed E-state index contributed by atoms with van der Waals surface area (Å²) in [4.78, 5) is 5.47. The molecule has 4 heteroatoms. The zero-order valence-corrected chi connectivity index (χ0v) is 12.5. The zero-order valence-electron chi connectivity index (χ0n) is 12.5. The second-order valence-corrected chi connectivity index (χ2v) is 4.03. The molecule has 1 N–H and O–H groups in total. The standard InChI is InChI=1S/C16H22N2O2/c1-6-10-14-16(12-8-3)18(20-5)15(11-7-2)13(9-4)17(14)19/h6-12,19H,4H2,1-3,5H3/q+2/b10-6-,11-7-,12-8-. The molecule has 0 fully saturated rings. The average molecular weight is 274 g/mol. The van der Waals surface area contributed by atoms with Gasteiger partial charge in [-0.05, 0) is 20.8 Å². The zero-order chi connectivity index (χ0) is 15.1. The summed E-state index contributed by atoms with van der Waals surface area (Å²) < 4.78 is 2.78. The Morgan fingerprint density at radius 2 is 1.35 bits per heavy atom. The summed E-state index contributed by atoms with van der Waals surface area (Å²) in [5, 5.41) is 10.4. The van der Waals surface area contributed by atoms with Gasteiger partial charge in [-0.3, -0.25) is 10.0 Å². The highest BCUT2D eigenvalue weighted by Gasteiger charge is 2.35. The van der Waals surface area contributed by atoms with Crippen LogP contribution in [0.5, 0.6) is 0 Å². The van der Waals surface area contributed by atoms with Crippen molar-refractivity contribution in [2.45, 2.75) is 20.8 Å².